The van der Waals surface area contributed by atoms with Crippen LogP contribution in [-0.4, -0.2) is 51.1 Å². The van der Waals surface area contributed by atoms with Gasteiger partial charge in [0, 0.05) is 32.0 Å². The van der Waals surface area contributed by atoms with E-state index in [4.69, 9.17) is 18.9 Å². The zero-order valence-electron chi connectivity index (χ0n) is 16.9. The molecule has 0 aliphatic carbocycles. The fourth-order valence-electron chi connectivity index (χ4n) is 3.11. The van der Waals surface area contributed by atoms with Crippen LogP contribution in [0.3, 0.4) is 0 Å². The van der Waals surface area contributed by atoms with Crippen molar-refractivity contribution in [3.8, 4) is 23.0 Å². The van der Waals surface area contributed by atoms with Gasteiger partial charge in [0.1, 0.15) is 13.2 Å². The summed E-state index contributed by atoms with van der Waals surface area (Å²) in [5.41, 5.74) is 1.43. The zero-order valence-corrected chi connectivity index (χ0v) is 16.9. The highest BCUT2D eigenvalue weighted by molar-refractivity contribution is 5.98. The van der Waals surface area contributed by atoms with Gasteiger partial charge in [0.25, 0.3) is 0 Å². The highest BCUT2D eigenvalue weighted by Crippen LogP contribution is 2.31. The molecule has 154 valence electrons. The fraction of sp³-hybridized carbons (Fsp3) is 0.364. The minimum Gasteiger partial charge on any atom is -0.493 e. The van der Waals surface area contributed by atoms with Gasteiger partial charge in [-0.05, 0) is 35.9 Å². The molecule has 0 fully saturated rings. The van der Waals surface area contributed by atoms with Gasteiger partial charge in [0.15, 0.2) is 28.8 Å². The van der Waals surface area contributed by atoms with Crippen molar-refractivity contribution < 1.29 is 28.5 Å². The number of fused-ring (bicyclic) bond motifs is 1. The van der Waals surface area contributed by atoms with Gasteiger partial charge in [-0.25, -0.2) is 0 Å². The summed E-state index contributed by atoms with van der Waals surface area (Å²) in [5.74, 6) is 2.24. The molecule has 1 aliphatic rings. The number of hydrogen-bond acceptors (Lipinski definition) is 6. The van der Waals surface area contributed by atoms with Crippen LogP contribution in [0.25, 0.3) is 0 Å². The standard InChI is InChI=1S/C22H25NO6/c1-23(14-15-4-7-18(26-2)20(12-15)27-3)22(25)9-6-17(24)16-5-8-19-21(13-16)29-11-10-28-19/h4-5,7-8,12-13H,6,9-11,14H2,1-3H3. The predicted octanol–water partition coefficient (Wildman–Crippen LogP) is 3.10. The Morgan fingerprint density at radius 1 is 0.931 bits per heavy atom. The summed E-state index contributed by atoms with van der Waals surface area (Å²) in [6, 6.07) is 10.6. The number of amides is 1. The molecule has 2 aromatic carbocycles. The van der Waals surface area contributed by atoms with Gasteiger partial charge in [0.2, 0.25) is 5.91 Å². The number of benzene rings is 2. The molecule has 1 aliphatic heterocycles. The lowest BCUT2D eigenvalue weighted by atomic mass is 10.1. The number of carbonyl (C=O) groups excluding carboxylic acids is 2. The smallest absolute Gasteiger partial charge is 0.223 e. The van der Waals surface area contributed by atoms with Crippen molar-refractivity contribution in [2.45, 2.75) is 19.4 Å². The summed E-state index contributed by atoms with van der Waals surface area (Å²) in [6.45, 7) is 1.38. The van der Waals surface area contributed by atoms with E-state index in [1.54, 1.807) is 50.4 Å². The van der Waals surface area contributed by atoms with Crippen LogP contribution in [-0.2, 0) is 11.3 Å². The monoisotopic (exact) mass is 399 g/mol. The normalized spacial score (nSPS) is 12.2. The maximum Gasteiger partial charge on any atom is 0.223 e. The van der Waals surface area contributed by atoms with E-state index in [-0.39, 0.29) is 24.5 Å². The van der Waals surface area contributed by atoms with Crippen LogP contribution in [0, 0.1) is 0 Å². The van der Waals surface area contributed by atoms with Gasteiger partial charge in [0.05, 0.1) is 14.2 Å². The summed E-state index contributed by atoms with van der Waals surface area (Å²) in [4.78, 5) is 26.5. The molecule has 0 saturated heterocycles. The van der Waals surface area contributed by atoms with Gasteiger partial charge in [-0.15, -0.1) is 0 Å². The van der Waals surface area contributed by atoms with Gasteiger partial charge >= 0.3 is 0 Å². The van der Waals surface area contributed by atoms with Crippen LogP contribution in [0.5, 0.6) is 23.0 Å². The minimum atomic E-state index is -0.106. The van der Waals surface area contributed by atoms with Crippen molar-refractivity contribution in [2.24, 2.45) is 0 Å². The van der Waals surface area contributed by atoms with Crippen molar-refractivity contribution in [1.29, 1.82) is 0 Å². The molecule has 7 nitrogen and oxygen atoms in total. The van der Waals surface area contributed by atoms with E-state index in [0.717, 1.165) is 5.56 Å². The Bertz CT molecular complexity index is 895. The van der Waals surface area contributed by atoms with Crippen molar-refractivity contribution in [3.63, 3.8) is 0 Å². The first kappa shape index (κ1) is 20.5. The van der Waals surface area contributed by atoms with E-state index >= 15 is 0 Å². The number of rotatable bonds is 8. The van der Waals surface area contributed by atoms with Crippen LogP contribution in [0.1, 0.15) is 28.8 Å². The quantitative estimate of drug-likeness (QED) is 0.635. The second kappa shape index (κ2) is 9.32. The Labute approximate surface area is 170 Å². The lowest BCUT2D eigenvalue weighted by Gasteiger charge is -2.19. The summed E-state index contributed by atoms with van der Waals surface area (Å²) >= 11 is 0. The molecule has 0 aromatic heterocycles. The van der Waals surface area contributed by atoms with E-state index in [9.17, 15) is 9.59 Å². The molecular weight excluding hydrogens is 374 g/mol. The maximum absolute atomic E-state index is 12.5. The summed E-state index contributed by atoms with van der Waals surface area (Å²) < 4.78 is 21.5. The van der Waals surface area contributed by atoms with Crippen molar-refractivity contribution in [1.82, 2.24) is 4.90 Å². The molecule has 7 heteroatoms. The summed E-state index contributed by atoms with van der Waals surface area (Å²) in [7, 11) is 4.86. The molecule has 0 spiro atoms. The Kier molecular flexibility index (Phi) is 6.59. The average Bonchev–Trinajstić information content (AvgIpc) is 2.76. The molecule has 0 bridgehead atoms. The lowest BCUT2D eigenvalue weighted by Crippen LogP contribution is -2.26. The second-order valence-corrected chi connectivity index (χ2v) is 6.72. The molecular formula is C22H25NO6. The van der Waals surface area contributed by atoms with Crippen molar-refractivity contribution >= 4 is 11.7 Å². The molecule has 3 rings (SSSR count). The number of ether oxygens (including phenoxy) is 4. The number of carbonyl (C=O) groups is 2. The Morgan fingerprint density at radius 3 is 2.38 bits per heavy atom. The van der Waals surface area contributed by atoms with E-state index in [1.807, 2.05) is 12.1 Å². The topological polar surface area (TPSA) is 74.3 Å². The zero-order chi connectivity index (χ0) is 20.8. The summed E-state index contributed by atoms with van der Waals surface area (Å²) in [6.07, 6.45) is 0.270. The lowest BCUT2D eigenvalue weighted by molar-refractivity contribution is -0.130. The second-order valence-electron chi connectivity index (χ2n) is 6.72. The fourth-order valence-corrected chi connectivity index (χ4v) is 3.11. The molecule has 2 aromatic rings. The molecule has 29 heavy (non-hydrogen) atoms. The number of ketones is 1. The maximum atomic E-state index is 12.5. The Hall–Kier alpha value is -3.22. The third kappa shape index (κ3) is 4.99. The highest BCUT2D eigenvalue weighted by atomic mass is 16.6. The highest BCUT2D eigenvalue weighted by Gasteiger charge is 2.17. The first-order valence-corrected chi connectivity index (χ1v) is 9.39. The van der Waals surface area contributed by atoms with E-state index in [2.05, 4.69) is 0 Å². The van der Waals surface area contributed by atoms with Gasteiger partial charge in [-0.1, -0.05) is 6.07 Å². The van der Waals surface area contributed by atoms with E-state index in [1.165, 1.54) is 0 Å². The Balaban J connectivity index is 1.55. The number of nitrogens with zero attached hydrogens (tertiary/aromatic N) is 1. The number of methoxy groups -OCH3 is 2. The predicted molar refractivity (Wildman–Crippen MR) is 107 cm³/mol. The van der Waals surface area contributed by atoms with Crippen molar-refractivity contribution in [2.75, 3.05) is 34.5 Å². The molecule has 0 saturated carbocycles. The number of Topliss-reactive ketones (excluding diaryl/α,β-unsaturated/α-hetero) is 1. The molecule has 0 unspecified atom stereocenters. The molecule has 0 N–H and O–H groups in total. The van der Waals surface area contributed by atoms with E-state index in [0.29, 0.717) is 48.3 Å². The Morgan fingerprint density at radius 2 is 1.66 bits per heavy atom. The summed E-state index contributed by atoms with van der Waals surface area (Å²) in [5, 5.41) is 0. The molecule has 1 amide bonds. The first-order chi connectivity index (χ1) is 14.0. The average molecular weight is 399 g/mol. The van der Waals surface area contributed by atoms with Crippen molar-refractivity contribution in [3.05, 3.63) is 47.5 Å². The van der Waals surface area contributed by atoms with Crippen LogP contribution in [0.2, 0.25) is 0 Å². The third-order valence-electron chi connectivity index (χ3n) is 4.72. The molecule has 0 radical (unpaired) electrons. The first-order valence-electron chi connectivity index (χ1n) is 9.39. The van der Waals surface area contributed by atoms with Crippen LogP contribution in [0.15, 0.2) is 36.4 Å². The minimum absolute atomic E-state index is 0.102. The van der Waals surface area contributed by atoms with Crippen LogP contribution < -0.4 is 18.9 Å². The van der Waals surface area contributed by atoms with Gasteiger partial charge in [-0.3, -0.25) is 9.59 Å². The largest absolute Gasteiger partial charge is 0.493 e. The number of hydrogen-bond donors (Lipinski definition) is 0. The molecule has 1 heterocycles. The van der Waals surface area contributed by atoms with Crippen LogP contribution >= 0.6 is 0 Å². The van der Waals surface area contributed by atoms with Crippen LogP contribution in [0.4, 0.5) is 0 Å². The molecule has 0 atom stereocenters. The van der Waals surface area contributed by atoms with E-state index < -0.39 is 0 Å². The third-order valence-corrected chi connectivity index (χ3v) is 4.72. The van der Waals surface area contributed by atoms with Gasteiger partial charge in [-0.2, -0.15) is 0 Å². The SMILES string of the molecule is COc1ccc(CN(C)C(=O)CCC(=O)c2ccc3c(c2)OCCO3)cc1OC. The van der Waals surface area contributed by atoms with Gasteiger partial charge < -0.3 is 23.8 Å².